The summed E-state index contributed by atoms with van der Waals surface area (Å²) in [6.07, 6.45) is 4.24. The number of tetrazole rings is 1. The quantitative estimate of drug-likeness (QED) is 0.309. The first-order chi connectivity index (χ1) is 20.2. The van der Waals surface area contributed by atoms with E-state index in [9.17, 15) is 19.5 Å². The van der Waals surface area contributed by atoms with Crippen LogP contribution in [-0.4, -0.2) is 68.6 Å². The van der Waals surface area contributed by atoms with Crippen molar-refractivity contribution in [2.45, 2.75) is 12.5 Å². The zero-order chi connectivity index (χ0) is 30.0. The van der Waals surface area contributed by atoms with Crippen LogP contribution in [-0.2, 0) is 16.0 Å². The fourth-order valence-corrected chi connectivity index (χ4v) is 5.10. The Kier molecular flexibility index (Phi) is 7.98. The molecule has 1 aliphatic heterocycles. The number of halogens is 2. The van der Waals surface area contributed by atoms with E-state index in [1.807, 2.05) is 31.1 Å². The number of carbonyl (C=O) groups excluding carboxylic acids is 2. The van der Waals surface area contributed by atoms with E-state index in [1.54, 1.807) is 6.07 Å². The zero-order valence-corrected chi connectivity index (χ0v) is 23.3. The number of carboxylic acids is 1. The fraction of sp³-hybridized carbons (Fsp3) is 0.172. The molecule has 0 saturated carbocycles. The highest BCUT2D eigenvalue weighted by Crippen LogP contribution is 2.36. The minimum atomic E-state index is -1.09. The summed E-state index contributed by atoms with van der Waals surface area (Å²) in [7, 11) is 3.80. The van der Waals surface area contributed by atoms with Gasteiger partial charge in [-0.1, -0.05) is 23.7 Å². The summed E-state index contributed by atoms with van der Waals surface area (Å²) in [5.74, 6) is -2.86. The Morgan fingerprint density at radius 2 is 1.88 bits per heavy atom. The third-order valence-corrected chi connectivity index (χ3v) is 7.20. The normalized spacial score (nSPS) is 14.5. The number of rotatable bonds is 7. The molecule has 1 atom stereocenters. The van der Waals surface area contributed by atoms with Crippen molar-refractivity contribution < 1.29 is 23.9 Å². The predicted molar refractivity (Wildman–Crippen MR) is 154 cm³/mol. The number of hydrogen-bond acceptors (Lipinski definition) is 7. The van der Waals surface area contributed by atoms with Crippen LogP contribution in [0.15, 0.2) is 67.0 Å². The van der Waals surface area contributed by atoms with Gasteiger partial charge >= 0.3 is 5.97 Å². The Morgan fingerprint density at radius 1 is 1.12 bits per heavy atom. The van der Waals surface area contributed by atoms with Crippen molar-refractivity contribution in [3.05, 3.63) is 100 Å². The highest BCUT2D eigenvalue weighted by Gasteiger charge is 2.36. The van der Waals surface area contributed by atoms with E-state index >= 15 is 4.39 Å². The first kappa shape index (κ1) is 28.4. The third-order valence-electron chi connectivity index (χ3n) is 6.91. The lowest BCUT2D eigenvalue weighted by molar-refractivity contribution is -0.135. The second-order valence-corrected chi connectivity index (χ2v) is 10.1. The molecule has 13 heteroatoms. The number of carboxylic acid groups (broad SMARTS) is 1. The first-order valence-electron chi connectivity index (χ1n) is 12.8. The highest BCUT2D eigenvalue weighted by molar-refractivity contribution is 6.31. The average molecular weight is 590 g/mol. The van der Waals surface area contributed by atoms with Crippen LogP contribution < -0.4 is 10.2 Å². The van der Waals surface area contributed by atoms with Crippen molar-refractivity contribution in [2.24, 2.45) is 0 Å². The molecule has 4 aromatic rings. The van der Waals surface area contributed by atoms with E-state index in [0.717, 1.165) is 11.3 Å². The molecule has 214 valence electrons. The van der Waals surface area contributed by atoms with Crippen molar-refractivity contribution in [1.29, 1.82) is 0 Å². The minimum Gasteiger partial charge on any atom is -0.478 e. The van der Waals surface area contributed by atoms with Crippen LogP contribution in [0.1, 0.15) is 33.1 Å². The largest absolute Gasteiger partial charge is 0.478 e. The molecule has 42 heavy (non-hydrogen) atoms. The molecule has 0 radical (unpaired) electrons. The zero-order valence-electron chi connectivity index (χ0n) is 22.5. The molecule has 1 aliphatic rings. The second kappa shape index (κ2) is 11.8. The van der Waals surface area contributed by atoms with Gasteiger partial charge in [0.25, 0.3) is 5.91 Å². The molecule has 2 N–H and O–H groups in total. The van der Waals surface area contributed by atoms with Gasteiger partial charge in [0.1, 0.15) is 12.4 Å². The molecule has 0 aliphatic carbocycles. The average Bonchev–Trinajstić information content (AvgIpc) is 3.51. The van der Waals surface area contributed by atoms with Gasteiger partial charge in [-0.25, -0.2) is 9.18 Å². The molecule has 0 fully saturated rings. The predicted octanol–water partition coefficient (Wildman–Crippen LogP) is 4.00. The van der Waals surface area contributed by atoms with Crippen LogP contribution in [0.3, 0.4) is 0 Å². The van der Waals surface area contributed by atoms with E-state index in [-0.39, 0.29) is 28.4 Å². The summed E-state index contributed by atoms with van der Waals surface area (Å²) in [4.78, 5) is 42.0. The fourth-order valence-electron chi connectivity index (χ4n) is 4.93. The maximum atomic E-state index is 15.1. The number of carbonyl (C=O) groups is 3. The summed E-state index contributed by atoms with van der Waals surface area (Å²) in [5, 5.41) is 22.8. The Hall–Kier alpha value is -5.10. The molecule has 1 aromatic heterocycles. The Labute approximate surface area is 244 Å². The maximum Gasteiger partial charge on any atom is 0.335 e. The van der Waals surface area contributed by atoms with Gasteiger partial charge in [0, 0.05) is 43.7 Å². The number of benzene rings is 3. The van der Waals surface area contributed by atoms with E-state index in [1.165, 1.54) is 64.5 Å². The molecule has 3 aromatic carbocycles. The standard InChI is InChI=1S/C29H25ClFN7O4/c1-36(2)23-5-3-4-20-19(23)14-15-37(27(20)28(40)33-18-8-6-17(7-9-18)29(41)42)25(39)13-10-21-24(38-16-32-34-35-38)12-11-22(30)26(21)31/h3-13,16,27H,14-15H2,1-2H3,(H,33,40)(H,41,42)/b13-10+. The van der Waals surface area contributed by atoms with Crippen LogP contribution in [0.25, 0.3) is 11.8 Å². The van der Waals surface area contributed by atoms with Crippen LogP contribution in [0.5, 0.6) is 0 Å². The molecule has 0 saturated heterocycles. The SMILES string of the molecule is CN(C)c1cccc2c1CCN(C(=O)/C=C/c1c(-n3cnnn3)ccc(Cl)c1F)C2C(=O)Nc1ccc(C(=O)O)cc1. The van der Waals surface area contributed by atoms with Crippen molar-refractivity contribution in [2.75, 3.05) is 30.9 Å². The number of hydrogen-bond donors (Lipinski definition) is 2. The lowest BCUT2D eigenvalue weighted by Crippen LogP contribution is -2.45. The molecule has 0 bridgehead atoms. The van der Waals surface area contributed by atoms with E-state index < -0.39 is 29.6 Å². The van der Waals surface area contributed by atoms with Gasteiger partial charge in [0.05, 0.1) is 16.3 Å². The number of nitrogens with zero attached hydrogens (tertiary/aromatic N) is 6. The number of aromatic carboxylic acids is 1. The second-order valence-electron chi connectivity index (χ2n) is 9.68. The molecule has 2 amide bonds. The van der Waals surface area contributed by atoms with Gasteiger partial charge < -0.3 is 20.2 Å². The number of amides is 2. The molecule has 0 spiro atoms. The number of aromatic nitrogens is 4. The molecule has 2 heterocycles. The van der Waals surface area contributed by atoms with Crippen molar-refractivity contribution in [1.82, 2.24) is 25.1 Å². The first-order valence-corrected chi connectivity index (χ1v) is 13.2. The molecule has 11 nitrogen and oxygen atoms in total. The summed E-state index contributed by atoms with van der Waals surface area (Å²) >= 11 is 6.02. The summed E-state index contributed by atoms with van der Waals surface area (Å²) in [6.45, 7) is 0.217. The molecule has 5 rings (SSSR count). The van der Waals surface area contributed by atoms with Crippen molar-refractivity contribution >= 4 is 46.8 Å². The summed E-state index contributed by atoms with van der Waals surface area (Å²) < 4.78 is 16.3. The van der Waals surface area contributed by atoms with Gasteiger partial charge in [0.15, 0.2) is 5.82 Å². The Balaban J connectivity index is 1.51. The molecule has 1 unspecified atom stereocenters. The van der Waals surface area contributed by atoms with Gasteiger partial charge in [-0.3, -0.25) is 9.59 Å². The van der Waals surface area contributed by atoms with E-state index in [2.05, 4.69) is 20.8 Å². The van der Waals surface area contributed by atoms with Gasteiger partial charge in [0.2, 0.25) is 5.91 Å². The van der Waals surface area contributed by atoms with E-state index in [0.29, 0.717) is 17.7 Å². The summed E-state index contributed by atoms with van der Waals surface area (Å²) in [5.41, 5.74) is 3.21. The van der Waals surface area contributed by atoms with Gasteiger partial charge in [-0.05, 0) is 76.5 Å². The van der Waals surface area contributed by atoms with Gasteiger partial charge in [-0.15, -0.1) is 5.10 Å². The van der Waals surface area contributed by atoms with Crippen molar-refractivity contribution in [3.8, 4) is 5.69 Å². The monoisotopic (exact) mass is 589 g/mol. The lowest BCUT2D eigenvalue weighted by Gasteiger charge is -2.37. The van der Waals surface area contributed by atoms with Gasteiger partial charge in [-0.2, -0.15) is 4.68 Å². The van der Waals surface area contributed by atoms with E-state index in [4.69, 9.17) is 11.6 Å². The number of anilines is 2. The Bertz CT molecular complexity index is 1690. The maximum absolute atomic E-state index is 15.1. The minimum absolute atomic E-state index is 0.00465. The Morgan fingerprint density at radius 3 is 2.55 bits per heavy atom. The number of nitrogens with one attached hydrogen (secondary N) is 1. The topological polar surface area (TPSA) is 134 Å². The molecular formula is C29H25ClFN7O4. The van der Waals surface area contributed by atoms with Crippen LogP contribution in [0.4, 0.5) is 15.8 Å². The highest BCUT2D eigenvalue weighted by atomic mass is 35.5. The van der Waals surface area contributed by atoms with Crippen LogP contribution in [0.2, 0.25) is 5.02 Å². The van der Waals surface area contributed by atoms with Crippen LogP contribution >= 0.6 is 11.6 Å². The third kappa shape index (κ3) is 5.56. The smallest absolute Gasteiger partial charge is 0.335 e. The van der Waals surface area contributed by atoms with Crippen molar-refractivity contribution in [3.63, 3.8) is 0 Å². The molecular weight excluding hydrogens is 565 g/mol. The summed E-state index contributed by atoms with van der Waals surface area (Å²) in [6, 6.07) is 13.2. The lowest BCUT2D eigenvalue weighted by atomic mass is 9.90. The number of fused-ring (bicyclic) bond motifs is 1. The van der Waals surface area contributed by atoms with Crippen LogP contribution in [0, 0.1) is 5.82 Å².